The molecule has 5 heteroatoms. The summed E-state index contributed by atoms with van der Waals surface area (Å²) in [6.45, 7) is 3.54. The molecule has 1 saturated heterocycles. The van der Waals surface area contributed by atoms with E-state index in [2.05, 4.69) is 41.4 Å². The fourth-order valence-electron chi connectivity index (χ4n) is 2.34. The number of hydrogen-bond acceptors (Lipinski definition) is 4. The van der Waals surface area contributed by atoms with E-state index in [-0.39, 0.29) is 5.75 Å². The Morgan fingerprint density at radius 1 is 1.16 bits per heavy atom. The van der Waals surface area contributed by atoms with Crippen molar-refractivity contribution in [3.63, 3.8) is 0 Å². The maximum atomic E-state index is 11.6. The van der Waals surface area contributed by atoms with E-state index in [0.717, 1.165) is 18.7 Å². The first-order valence-corrected chi connectivity index (χ1v) is 8.56. The first kappa shape index (κ1) is 14.3. The Labute approximate surface area is 115 Å². The van der Waals surface area contributed by atoms with Crippen LogP contribution in [-0.4, -0.2) is 40.1 Å². The third kappa shape index (κ3) is 3.70. The van der Waals surface area contributed by atoms with Gasteiger partial charge >= 0.3 is 0 Å². The monoisotopic (exact) mass is 282 g/mol. The number of nitrogens with zero attached hydrogens (tertiary/aromatic N) is 1. The van der Waals surface area contributed by atoms with E-state index in [0.29, 0.717) is 18.3 Å². The Morgan fingerprint density at radius 3 is 2.47 bits per heavy atom. The molecule has 1 aliphatic heterocycles. The minimum Gasteiger partial charge on any atom is -0.370 e. The van der Waals surface area contributed by atoms with Gasteiger partial charge in [0.05, 0.1) is 11.5 Å². The summed E-state index contributed by atoms with van der Waals surface area (Å²) in [6, 6.07) is 8.71. The average Bonchev–Trinajstić information content (AvgIpc) is 2.59. The van der Waals surface area contributed by atoms with Gasteiger partial charge in [0.25, 0.3) is 0 Å². The molecule has 2 rings (SSSR count). The fraction of sp³-hybridized carbons (Fsp3) is 0.571. The Kier molecular flexibility index (Phi) is 4.47. The molecular formula is C14H22N2O2S. The zero-order valence-electron chi connectivity index (χ0n) is 11.6. The second kappa shape index (κ2) is 5.92. The van der Waals surface area contributed by atoms with Crippen molar-refractivity contribution in [3.05, 3.63) is 29.8 Å². The van der Waals surface area contributed by atoms with E-state index < -0.39 is 9.84 Å². The van der Waals surface area contributed by atoms with Crippen LogP contribution < -0.4 is 10.2 Å². The molecule has 0 spiro atoms. The molecule has 1 aromatic carbocycles. The Bertz CT molecular complexity index is 511. The quantitative estimate of drug-likeness (QED) is 0.915. The average molecular weight is 282 g/mol. The third-order valence-electron chi connectivity index (χ3n) is 3.75. The molecule has 0 bridgehead atoms. The Hall–Kier alpha value is -1.07. The van der Waals surface area contributed by atoms with Gasteiger partial charge in [0.1, 0.15) is 0 Å². The summed E-state index contributed by atoms with van der Waals surface area (Å²) in [5.74, 6) is 0.583. The lowest BCUT2D eigenvalue weighted by molar-refractivity contribution is 0.597. The number of sulfone groups is 1. The summed E-state index contributed by atoms with van der Waals surface area (Å²) in [4.78, 5) is 2.17. The van der Waals surface area contributed by atoms with Crippen LogP contribution in [0.4, 0.5) is 5.69 Å². The van der Waals surface area contributed by atoms with Crippen molar-refractivity contribution in [2.24, 2.45) is 0 Å². The molecule has 1 aliphatic rings. The SMILES string of the molecule is CNC(C)c1ccc(N2CCCS(=O)(=O)CC2)cc1. The number of benzene rings is 1. The number of nitrogens with one attached hydrogen (secondary N) is 1. The highest BCUT2D eigenvalue weighted by Gasteiger charge is 2.19. The fourth-order valence-corrected chi connectivity index (χ4v) is 3.61. The molecule has 0 radical (unpaired) electrons. The van der Waals surface area contributed by atoms with Crippen LogP contribution in [0.2, 0.25) is 0 Å². The zero-order chi connectivity index (χ0) is 13.9. The second-order valence-electron chi connectivity index (χ2n) is 5.09. The van der Waals surface area contributed by atoms with Crippen molar-refractivity contribution in [3.8, 4) is 0 Å². The van der Waals surface area contributed by atoms with Crippen LogP contribution in [0.1, 0.15) is 24.9 Å². The van der Waals surface area contributed by atoms with Crippen molar-refractivity contribution in [1.82, 2.24) is 5.32 Å². The topological polar surface area (TPSA) is 49.4 Å². The van der Waals surface area contributed by atoms with Crippen molar-refractivity contribution >= 4 is 15.5 Å². The van der Waals surface area contributed by atoms with Crippen LogP contribution >= 0.6 is 0 Å². The van der Waals surface area contributed by atoms with Crippen molar-refractivity contribution in [2.45, 2.75) is 19.4 Å². The van der Waals surface area contributed by atoms with Gasteiger partial charge in [-0.3, -0.25) is 0 Å². The molecule has 0 aliphatic carbocycles. The zero-order valence-corrected chi connectivity index (χ0v) is 12.4. The molecule has 1 aromatic rings. The van der Waals surface area contributed by atoms with Crippen molar-refractivity contribution < 1.29 is 8.42 Å². The Balaban J connectivity index is 2.10. The summed E-state index contributed by atoms with van der Waals surface area (Å²) >= 11 is 0. The molecule has 4 nitrogen and oxygen atoms in total. The van der Waals surface area contributed by atoms with Gasteiger partial charge in [-0.15, -0.1) is 0 Å². The summed E-state index contributed by atoms with van der Waals surface area (Å²) in [5.41, 5.74) is 2.36. The van der Waals surface area contributed by atoms with Gasteiger partial charge in [-0.05, 0) is 38.1 Å². The van der Waals surface area contributed by atoms with E-state index in [4.69, 9.17) is 0 Å². The van der Waals surface area contributed by atoms with Gasteiger partial charge in [-0.2, -0.15) is 0 Å². The largest absolute Gasteiger partial charge is 0.370 e. The second-order valence-corrected chi connectivity index (χ2v) is 7.40. The summed E-state index contributed by atoms with van der Waals surface area (Å²) in [7, 11) is -0.895. The summed E-state index contributed by atoms with van der Waals surface area (Å²) in [5, 5.41) is 3.21. The summed E-state index contributed by atoms with van der Waals surface area (Å²) < 4.78 is 23.2. The molecule has 1 N–H and O–H groups in total. The molecule has 1 unspecified atom stereocenters. The molecule has 0 aromatic heterocycles. The van der Waals surface area contributed by atoms with Gasteiger partial charge < -0.3 is 10.2 Å². The minimum atomic E-state index is -2.84. The molecule has 0 saturated carbocycles. The summed E-state index contributed by atoms with van der Waals surface area (Å²) in [6.07, 6.45) is 0.719. The standard InChI is InChI=1S/C14H22N2O2S/c1-12(15-2)13-4-6-14(7-5-13)16-8-3-10-19(17,18)11-9-16/h4-7,12,15H,3,8-11H2,1-2H3. The maximum Gasteiger partial charge on any atom is 0.152 e. The normalized spacial score (nSPS) is 20.8. The van der Waals surface area contributed by atoms with Crippen LogP contribution in [0.5, 0.6) is 0 Å². The molecule has 1 fully saturated rings. The number of rotatable bonds is 3. The lowest BCUT2D eigenvalue weighted by atomic mass is 10.1. The highest BCUT2D eigenvalue weighted by atomic mass is 32.2. The number of hydrogen-bond donors (Lipinski definition) is 1. The van der Waals surface area contributed by atoms with E-state index in [1.807, 2.05) is 7.05 Å². The van der Waals surface area contributed by atoms with Crippen LogP contribution in [0.25, 0.3) is 0 Å². The molecule has 1 atom stereocenters. The van der Waals surface area contributed by atoms with E-state index in [9.17, 15) is 8.42 Å². The number of anilines is 1. The lowest BCUT2D eigenvalue weighted by Gasteiger charge is -2.22. The molecule has 0 amide bonds. The molecular weight excluding hydrogens is 260 g/mol. The van der Waals surface area contributed by atoms with Gasteiger partial charge in [-0.25, -0.2) is 8.42 Å². The van der Waals surface area contributed by atoms with Crippen LogP contribution in [0, 0.1) is 0 Å². The van der Waals surface area contributed by atoms with Crippen LogP contribution in [0.15, 0.2) is 24.3 Å². The highest BCUT2D eigenvalue weighted by Crippen LogP contribution is 2.20. The van der Waals surface area contributed by atoms with E-state index >= 15 is 0 Å². The van der Waals surface area contributed by atoms with Crippen molar-refractivity contribution in [2.75, 3.05) is 36.5 Å². The van der Waals surface area contributed by atoms with Gasteiger partial charge in [0.15, 0.2) is 9.84 Å². The first-order valence-electron chi connectivity index (χ1n) is 6.74. The predicted molar refractivity (Wildman–Crippen MR) is 79.4 cm³/mol. The Morgan fingerprint density at radius 2 is 1.84 bits per heavy atom. The van der Waals surface area contributed by atoms with E-state index in [1.165, 1.54) is 5.56 Å². The van der Waals surface area contributed by atoms with Gasteiger partial charge in [-0.1, -0.05) is 12.1 Å². The van der Waals surface area contributed by atoms with Gasteiger partial charge in [0, 0.05) is 24.8 Å². The molecule has 19 heavy (non-hydrogen) atoms. The van der Waals surface area contributed by atoms with E-state index in [1.54, 1.807) is 0 Å². The van der Waals surface area contributed by atoms with Crippen LogP contribution in [0.3, 0.4) is 0 Å². The van der Waals surface area contributed by atoms with Gasteiger partial charge in [0.2, 0.25) is 0 Å². The predicted octanol–water partition coefficient (Wildman–Crippen LogP) is 1.59. The smallest absolute Gasteiger partial charge is 0.152 e. The minimum absolute atomic E-state index is 0.266. The maximum absolute atomic E-state index is 11.6. The van der Waals surface area contributed by atoms with Crippen molar-refractivity contribution in [1.29, 1.82) is 0 Å². The van der Waals surface area contributed by atoms with Crippen LogP contribution in [-0.2, 0) is 9.84 Å². The molecule has 106 valence electrons. The highest BCUT2D eigenvalue weighted by molar-refractivity contribution is 7.91. The third-order valence-corrected chi connectivity index (χ3v) is 5.46. The molecule has 1 heterocycles. The first-order chi connectivity index (χ1) is 9.02. The lowest BCUT2D eigenvalue weighted by Crippen LogP contribution is -2.26.